The number of aliphatic imine (C=N–C) groups is 2. The summed E-state index contributed by atoms with van der Waals surface area (Å²) < 4.78 is 54.2. The zero-order valence-corrected chi connectivity index (χ0v) is 27.5. The van der Waals surface area contributed by atoms with E-state index in [1.54, 1.807) is 19.1 Å². The number of nitrogens with one attached hydrogen (secondary N) is 2. The highest BCUT2D eigenvalue weighted by atomic mass is 19.4. The summed E-state index contributed by atoms with van der Waals surface area (Å²) in [6, 6.07) is 0. The number of carbonyl (C=O) groups excluding carboxylic acids is 1. The van der Waals surface area contributed by atoms with E-state index in [4.69, 9.17) is 14.9 Å². The topological polar surface area (TPSA) is 99.4 Å². The lowest BCUT2D eigenvalue weighted by molar-refractivity contribution is -0.146. The summed E-state index contributed by atoms with van der Waals surface area (Å²) in [5.41, 5.74) is 0.966. The smallest absolute Gasteiger partial charge is 0.405 e. The van der Waals surface area contributed by atoms with E-state index >= 15 is 0 Å². The van der Waals surface area contributed by atoms with Crippen molar-refractivity contribution < 1.29 is 27.4 Å². The summed E-state index contributed by atoms with van der Waals surface area (Å²) in [7, 11) is 5.49. The highest BCUT2D eigenvalue weighted by Crippen LogP contribution is 2.66. The van der Waals surface area contributed by atoms with Crippen molar-refractivity contribution in [2.75, 3.05) is 34.3 Å². The first-order valence-corrected chi connectivity index (χ1v) is 16.2. The van der Waals surface area contributed by atoms with Crippen LogP contribution in [-0.4, -0.2) is 87.0 Å². The van der Waals surface area contributed by atoms with Gasteiger partial charge in [-0.2, -0.15) is 13.2 Å². The van der Waals surface area contributed by atoms with Crippen molar-refractivity contribution in [3.63, 3.8) is 0 Å². The third-order valence-electron chi connectivity index (χ3n) is 10.2. The lowest BCUT2D eigenvalue weighted by Gasteiger charge is -2.52. The van der Waals surface area contributed by atoms with Crippen molar-refractivity contribution in [2.45, 2.75) is 89.8 Å². The van der Waals surface area contributed by atoms with Gasteiger partial charge in [-0.1, -0.05) is 43.7 Å². The van der Waals surface area contributed by atoms with Crippen molar-refractivity contribution in [1.82, 2.24) is 10.2 Å². The molecule has 0 aliphatic heterocycles. The highest BCUT2D eigenvalue weighted by molar-refractivity contribution is 6.04. The summed E-state index contributed by atoms with van der Waals surface area (Å²) in [4.78, 5) is 23.7. The van der Waals surface area contributed by atoms with E-state index in [0.29, 0.717) is 37.4 Å². The number of carbonyl (C=O) groups is 1. The van der Waals surface area contributed by atoms with E-state index in [9.17, 15) is 18.0 Å². The van der Waals surface area contributed by atoms with Gasteiger partial charge in [0.2, 0.25) is 5.91 Å². The van der Waals surface area contributed by atoms with Gasteiger partial charge < -0.3 is 19.7 Å². The predicted molar refractivity (Wildman–Crippen MR) is 172 cm³/mol. The molecule has 0 bridgehead atoms. The summed E-state index contributed by atoms with van der Waals surface area (Å²) in [5, 5.41) is 11.3. The number of alkyl halides is 3. The van der Waals surface area contributed by atoms with Crippen molar-refractivity contribution in [2.24, 2.45) is 39.1 Å². The molecular formula is C34H50F3N5O3. The Bertz CT molecular complexity index is 1240. The molecule has 45 heavy (non-hydrogen) atoms. The number of hydrogen-bond acceptors (Lipinski definition) is 7. The minimum Gasteiger partial charge on any atom is -0.477 e. The Morgan fingerprint density at radius 2 is 2.04 bits per heavy atom. The molecule has 250 valence electrons. The van der Waals surface area contributed by atoms with Crippen molar-refractivity contribution in [1.29, 1.82) is 5.41 Å². The number of hydrogen-bond donors (Lipinski definition) is 2. The molecule has 11 heteroatoms. The average Bonchev–Trinajstić information content (AvgIpc) is 3.25. The maximum atomic E-state index is 14.2. The van der Waals surface area contributed by atoms with Crippen LogP contribution in [0.2, 0.25) is 0 Å². The van der Waals surface area contributed by atoms with E-state index in [1.165, 1.54) is 12.7 Å². The number of amides is 1. The molecule has 8 atom stereocenters. The number of halogens is 3. The van der Waals surface area contributed by atoms with Gasteiger partial charge in [0.25, 0.3) is 0 Å². The maximum Gasteiger partial charge on any atom is 0.405 e. The molecule has 2 saturated carbocycles. The Kier molecular flexibility index (Phi) is 11.2. The SMILES string of the molecule is CCC(N=CC(C(=N)OC1CC2(CC)C3=CC=CCC3CC12)C(F)(F)F)N=C1C=CC(C(=O)NCCCN(C)C)CC1(C)OC. The van der Waals surface area contributed by atoms with Gasteiger partial charge >= 0.3 is 6.18 Å². The Hall–Kier alpha value is -2.79. The van der Waals surface area contributed by atoms with Crippen LogP contribution in [0.5, 0.6) is 0 Å². The Morgan fingerprint density at radius 1 is 1.29 bits per heavy atom. The lowest BCUT2D eigenvalue weighted by atomic mass is 9.56. The largest absolute Gasteiger partial charge is 0.477 e. The number of ether oxygens (including phenoxy) is 2. The zero-order chi connectivity index (χ0) is 33.0. The molecule has 0 radical (unpaired) electrons. The Labute approximate surface area is 265 Å². The first-order valence-electron chi connectivity index (χ1n) is 16.2. The quantitative estimate of drug-likeness (QED) is 0.145. The molecule has 0 spiro atoms. The van der Waals surface area contributed by atoms with Crippen LogP contribution >= 0.6 is 0 Å². The minimum absolute atomic E-state index is 0.0289. The minimum atomic E-state index is -4.73. The molecule has 1 amide bonds. The number of allylic oxidation sites excluding steroid dienone is 4. The van der Waals surface area contributed by atoms with Crippen LogP contribution in [0.25, 0.3) is 0 Å². The van der Waals surface area contributed by atoms with E-state index in [0.717, 1.165) is 38.4 Å². The molecule has 4 rings (SSSR count). The first kappa shape index (κ1) is 35.1. The third-order valence-corrected chi connectivity index (χ3v) is 10.2. The van der Waals surface area contributed by atoms with Crippen LogP contribution in [0, 0.1) is 34.5 Å². The van der Waals surface area contributed by atoms with Crippen LogP contribution in [-0.2, 0) is 14.3 Å². The van der Waals surface area contributed by atoms with E-state index in [-0.39, 0.29) is 17.2 Å². The van der Waals surface area contributed by atoms with Gasteiger partial charge in [0.05, 0.1) is 11.6 Å². The lowest BCUT2D eigenvalue weighted by Crippen LogP contribution is -2.52. The molecule has 2 fully saturated rings. The average molecular weight is 634 g/mol. The van der Waals surface area contributed by atoms with Gasteiger partial charge in [0.1, 0.15) is 17.9 Å². The zero-order valence-electron chi connectivity index (χ0n) is 27.5. The first-order chi connectivity index (χ1) is 21.3. The van der Waals surface area contributed by atoms with E-state index in [2.05, 4.69) is 45.4 Å². The second kappa shape index (κ2) is 14.3. The molecule has 2 N–H and O–H groups in total. The molecule has 0 aromatic heterocycles. The second-order valence-corrected chi connectivity index (χ2v) is 13.3. The van der Waals surface area contributed by atoms with Gasteiger partial charge in [0, 0.05) is 31.2 Å². The summed E-state index contributed by atoms with van der Waals surface area (Å²) >= 11 is 0. The van der Waals surface area contributed by atoms with Gasteiger partial charge in [-0.25, -0.2) is 0 Å². The fourth-order valence-corrected chi connectivity index (χ4v) is 7.45. The van der Waals surface area contributed by atoms with Crippen LogP contribution in [0.3, 0.4) is 0 Å². The van der Waals surface area contributed by atoms with Gasteiger partial charge in [-0.3, -0.25) is 20.2 Å². The molecule has 4 aliphatic rings. The number of methoxy groups -OCH3 is 1. The van der Waals surface area contributed by atoms with Gasteiger partial charge in [-0.15, -0.1) is 0 Å². The van der Waals surface area contributed by atoms with Crippen LogP contribution in [0.4, 0.5) is 13.2 Å². The van der Waals surface area contributed by atoms with E-state index in [1.807, 2.05) is 21.0 Å². The molecular weight excluding hydrogens is 583 g/mol. The molecule has 0 aromatic carbocycles. The molecule has 8 nitrogen and oxygen atoms in total. The molecule has 0 saturated heterocycles. The fraction of sp³-hybridized carbons (Fsp3) is 0.706. The second-order valence-electron chi connectivity index (χ2n) is 13.3. The highest BCUT2D eigenvalue weighted by Gasteiger charge is 2.62. The molecule has 4 aliphatic carbocycles. The standard InChI is InChI=1S/C34H50F3N5O3/c1-7-29(41-28-15-14-23(19-32(28,3)44-6)31(43)39-16-11-17-42(4)5)40-21-26(34(35,36)37)30(38)45-27-20-33(8-2)24-13-10-9-12-22(24)18-25(27)33/h9-10,13-15,21-23,25-27,29,38H,7-8,11-12,16-20H2,1-6H3,(H,39,43). The third kappa shape index (κ3) is 7.62. The fourth-order valence-electron chi connectivity index (χ4n) is 7.45. The van der Waals surface area contributed by atoms with Gasteiger partial charge in [0.15, 0.2) is 11.8 Å². The Morgan fingerprint density at radius 3 is 2.69 bits per heavy atom. The normalized spacial score (nSPS) is 33.0. The molecule has 0 aromatic rings. The molecule has 0 heterocycles. The summed E-state index contributed by atoms with van der Waals surface area (Å²) in [5.74, 6) is -3.06. The van der Waals surface area contributed by atoms with Crippen LogP contribution in [0.1, 0.15) is 65.7 Å². The van der Waals surface area contributed by atoms with Crippen molar-refractivity contribution in [3.8, 4) is 0 Å². The van der Waals surface area contributed by atoms with Crippen molar-refractivity contribution in [3.05, 3.63) is 36.0 Å². The maximum absolute atomic E-state index is 14.2. The molecule has 8 unspecified atom stereocenters. The van der Waals surface area contributed by atoms with Gasteiger partial charge in [-0.05, 0) is 84.5 Å². The van der Waals surface area contributed by atoms with Crippen LogP contribution < -0.4 is 5.32 Å². The summed E-state index contributed by atoms with van der Waals surface area (Å²) in [6.07, 6.45) is 9.60. The number of nitrogens with zero attached hydrogens (tertiary/aromatic N) is 3. The number of fused-ring (bicyclic) bond motifs is 3. The van der Waals surface area contributed by atoms with Crippen molar-refractivity contribution >= 4 is 23.7 Å². The van der Waals surface area contributed by atoms with E-state index < -0.39 is 41.8 Å². The summed E-state index contributed by atoms with van der Waals surface area (Å²) in [6.45, 7) is 7.17. The van der Waals surface area contributed by atoms with Crippen LogP contribution in [0.15, 0.2) is 45.9 Å². The monoisotopic (exact) mass is 633 g/mol. The Balaban J connectivity index is 1.43. The predicted octanol–water partition coefficient (Wildman–Crippen LogP) is 6.15. The number of rotatable bonds is 13.